The quantitative estimate of drug-likeness (QED) is 0.807. The molecular weight excluding hydrogens is 258 g/mol. The third-order valence-electron chi connectivity index (χ3n) is 1.93. The van der Waals surface area contributed by atoms with E-state index >= 15 is 0 Å². The number of nitrogens with one attached hydrogen (secondary N) is 1. The molecule has 80 valence electrons. The first-order chi connectivity index (χ1) is 7.16. The van der Waals surface area contributed by atoms with E-state index in [1.807, 2.05) is 18.2 Å². The second kappa shape index (κ2) is 5.68. The summed E-state index contributed by atoms with van der Waals surface area (Å²) in [5.41, 5.74) is 0.715. The highest BCUT2D eigenvalue weighted by Crippen LogP contribution is 2.23. The van der Waals surface area contributed by atoms with Crippen LogP contribution in [0, 0.1) is 0 Å². The van der Waals surface area contributed by atoms with Crippen LogP contribution in [0.1, 0.15) is 11.6 Å². The van der Waals surface area contributed by atoms with Crippen LogP contribution in [0.25, 0.3) is 0 Å². The lowest BCUT2D eigenvalue weighted by atomic mass is 10.1. The predicted octanol–water partition coefficient (Wildman–Crippen LogP) is 2.35. The molecule has 0 fully saturated rings. The van der Waals surface area contributed by atoms with E-state index in [9.17, 15) is 4.79 Å². The van der Waals surface area contributed by atoms with Crippen LogP contribution < -0.4 is 5.32 Å². The zero-order valence-electron chi connectivity index (χ0n) is 8.11. The van der Waals surface area contributed by atoms with Crippen LogP contribution >= 0.6 is 15.9 Å². The summed E-state index contributed by atoms with van der Waals surface area (Å²) in [5, 5.41) is 11.9. The molecule has 0 amide bonds. The van der Waals surface area contributed by atoms with E-state index in [1.54, 1.807) is 12.1 Å². The van der Waals surface area contributed by atoms with Gasteiger partial charge in [-0.05, 0) is 11.6 Å². The van der Waals surface area contributed by atoms with E-state index in [1.165, 1.54) is 0 Å². The number of aliphatic carboxylic acids is 1. The number of carbonyl (C=O) groups is 1. The van der Waals surface area contributed by atoms with Crippen molar-refractivity contribution in [2.24, 2.45) is 0 Å². The Balaban J connectivity index is 2.93. The lowest BCUT2D eigenvalue weighted by Crippen LogP contribution is -2.28. The normalized spacial score (nSPS) is 12.1. The first-order valence-corrected chi connectivity index (χ1v) is 5.27. The Morgan fingerprint density at radius 1 is 1.60 bits per heavy atom. The van der Waals surface area contributed by atoms with Gasteiger partial charge < -0.3 is 5.11 Å². The van der Waals surface area contributed by atoms with Crippen molar-refractivity contribution in [2.75, 3.05) is 6.54 Å². The van der Waals surface area contributed by atoms with Crippen molar-refractivity contribution >= 4 is 21.9 Å². The van der Waals surface area contributed by atoms with Crippen LogP contribution in [0.15, 0.2) is 41.4 Å². The zero-order chi connectivity index (χ0) is 11.3. The number of hydrogen-bond donors (Lipinski definition) is 2. The minimum absolute atomic E-state index is 0.457. The topological polar surface area (TPSA) is 49.3 Å². The molecule has 4 heteroatoms. The summed E-state index contributed by atoms with van der Waals surface area (Å²) in [6.45, 7) is 4.00. The predicted molar refractivity (Wildman–Crippen MR) is 62.7 cm³/mol. The summed E-state index contributed by atoms with van der Waals surface area (Å²) in [4.78, 5) is 11.0. The molecule has 0 saturated heterocycles. The molecule has 3 nitrogen and oxygen atoms in total. The Morgan fingerprint density at radius 2 is 2.27 bits per heavy atom. The molecule has 1 atom stereocenters. The Labute approximate surface area is 96.9 Å². The fraction of sp³-hybridized carbons (Fsp3) is 0.182. The van der Waals surface area contributed by atoms with E-state index in [4.69, 9.17) is 5.11 Å². The molecular formula is C11H12BrNO2. The van der Waals surface area contributed by atoms with Crippen molar-refractivity contribution in [1.29, 1.82) is 0 Å². The van der Waals surface area contributed by atoms with Gasteiger partial charge in [-0.3, -0.25) is 10.1 Å². The number of rotatable bonds is 5. The van der Waals surface area contributed by atoms with Gasteiger partial charge in [-0.15, -0.1) is 6.58 Å². The molecule has 1 unspecified atom stereocenters. The largest absolute Gasteiger partial charge is 0.480 e. The lowest BCUT2D eigenvalue weighted by molar-refractivity contribution is -0.139. The maximum atomic E-state index is 11.0. The molecule has 2 N–H and O–H groups in total. The zero-order valence-corrected chi connectivity index (χ0v) is 9.70. The van der Waals surface area contributed by atoms with E-state index in [2.05, 4.69) is 27.8 Å². The summed E-state index contributed by atoms with van der Waals surface area (Å²) in [6, 6.07) is 6.55. The molecule has 1 rings (SSSR count). The highest BCUT2D eigenvalue weighted by Gasteiger charge is 2.20. The third kappa shape index (κ3) is 3.18. The smallest absolute Gasteiger partial charge is 0.325 e. The van der Waals surface area contributed by atoms with Gasteiger partial charge >= 0.3 is 5.97 Å². The summed E-state index contributed by atoms with van der Waals surface area (Å²) in [7, 11) is 0. The first kappa shape index (κ1) is 11.9. The first-order valence-electron chi connectivity index (χ1n) is 4.48. The molecule has 0 aromatic heterocycles. The Morgan fingerprint density at radius 3 is 2.80 bits per heavy atom. The molecule has 0 aliphatic carbocycles. The van der Waals surface area contributed by atoms with Crippen molar-refractivity contribution in [3.63, 3.8) is 0 Å². The number of halogens is 1. The average Bonchev–Trinajstić information content (AvgIpc) is 2.20. The van der Waals surface area contributed by atoms with Crippen LogP contribution in [0.5, 0.6) is 0 Å². The Bertz CT molecular complexity index is 365. The minimum atomic E-state index is -0.899. The highest BCUT2D eigenvalue weighted by atomic mass is 79.9. The minimum Gasteiger partial charge on any atom is -0.480 e. The molecule has 0 spiro atoms. The average molecular weight is 270 g/mol. The number of carboxylic acids is 1. The summed E-state index contributed by atoms with van der Waals surface area (Å²) >= 11 is 3.33. The van der Waals surface area contributed by atoms with Crippen LogP contribution in [-0.4, -0.2) is 17.6 Å². The van der Waals surface area contributed by atoms with Gasteiger partial charge in [0.05, 0.1) is 0 Å². The van der Waals surface area contributed by atoms with Gasteiger partial charge in [-0.2, -0.15) is 0 Å². The van der Waals surface area contributed by atoms with Gasteiger partial charge in [0.2, 0.25) is 0 Å². The van der Waals surface area contributed by atoms with Gasteiger partial charge in [0.15, 0.2) is 0 Å². The maximum absolute atomic E-state index is 11.0. The molecule has 1 aromatic carbocycles. The van der Waals surface area contributed by atoms with Gasteiger partial charge in [0.25, 0.3) is 0 Å². The van der Waals surface area contributed by atoms with Gasteiger partial charge in [-0.1, -0.05) is 40.2 Å². The summed E-state index contributed by atoms with van der Waals surface area (Å²) < 4.78 is 0.786. The number of carboxylic acid groups (broad SMARTS) is 1. The van der Waals surface area contributed by atoms with Crippen molar-refractivity contribution in [3.05, 3.63) is 47.0 Å². The van der Waals surface area contributed by atoms with E-state index in [-0.39, 0.29) is 0 Å². The standard InChI is InChI=1S/C11H12BrNO2/c1-2-7-13-10(11(14)15)8-5-3-4-6-9(8)12/h2-6,10,13H,1,7H2,(H,14,15). The molecule has 1 aromatic rings. The van der Waals surface area contributed by atoms with Crippen molar-refractivity contribution < 1.29 is 9.90 Å². The fourth-order valence-corrected chi connectivity index (χ4v) is 1.75. The van der Waals surface area contributed by atoms with Crippen LogP contribution in [0.4, 0.5) is 0 Å². The number of hydrogen-bond acceptors (Lipinski definition) is 2. The van der Waals surface area contributed by atoms with E-state index in [0.717, 1.165) is 4.47 Å². The molecule has 0 radical (unpaired) electrons. The molecule has 0 aliphatic rings. The monoisotopic (exact) mass is 269 g/mol. The van der Waals surface area contributed by atoms with Crippen molar-refractivity contribution in [3.8, 4) is 0 Å². The molecule has 0 heterocycles. The molecule has 0 aliphatic heterocycles. The maximum Gasteiger partial charge on any atom is 0.325 e. The second-order valence-corrected chi connectivity index (χ2v) is 3.84. The van der Waals surface area contributed by atoms with E-state index < -0.39 is 12.0 Å². The third-order valence-corrected chi connectivity index (χ3v) is 2.65. The number of benzene rings is 1. The lowest BCUT2D eigenvalue weighted by Gasteiger charge is -2.14. The van der Waals surface area contributed by atoms with Crippen LogP contribution in [0.3, 0.4) is 0 Å². The Hall–Kier alpha value is -1.13. The van der Waals surface area contributed by atoms with Crippen LogP contribution in [0.2, 0.25) is 0 Å². The van der Waals surface area contributed by atoms with Gasteiger partial charge in [0.1, 0.15) is 6.04 Å². The van der Waals surface area contributed by atoms with Gasteiger partial charge in [-0.25, -0.2) is 0 Å². The molecule has 15 heavy (non-hydrogen) atoms. The second-order valence-electron chi connectivity index (χ2n) is 2.99. The molecule has 0 bridgehead atoms. The SMILES string of the molecule is C=CCNC(C(=O)O)c1ccccc1Br. The Kier molecular flexibility index (Phi) is 4.52. The fourth-order valence-electron chi connectivity index (χ4n) is 1.24. The van der Waals surface area contributed by atoms with E-state index in [0.29, 0.717) is 12.1 Å². The summed E-state index contributed by atoms with van der Waals surface area (Å²) in [5.74, 6) is -0.899. The van der Waals surface area contributed by atoms with Crippen LogP contribution in [-0.2, 0) is 4.79 Å². The molecule has 0 saturated carbocycles. The van der Waals surface area contributed by atoms with Gasteiger partial charge in [0, 0.05) is 11.0 Å². The highest BCUT2D eigenvalue weighted by molar-refractivity contribution is 9.10. The summed E-state index contributed by atoms with van der Waals surface area (Å²) in [6.07, 6.45) is 1.63. The van der Waals surface area contributed by atoms with Crippen molar-refractivity contribution in [1.82, 2.24) is 5.32 Å². The van der Waals surface area contributed by atoms with Crippen molar-refractivity contribution in [2.45, 2.75) is 6.04 Å².